The third kappa shape index (κ3) is 6.57. The Hall–Kier alpha value is -2.39. The fourth-order valence-corrected chi connectivity index (χ4v) is 4.70. The lowest BCUT2D eigenvalue weighted by Gasteiger charge is -2.32. The zero-order valence-electron chi connectivity index (χ0n) is 19.4. The molecule has 0 fully saturated rings. The van der Waals surface area contributed by atoms with Gasteiger partial charge in [-0.2, -0.15) is 0 Å². The van der Waals surface area contributed by atoms with Crippen molar-refractivity contribution in [2.75, 3.05) is 10.6 Å². The number of nitrogens with one attached hydrogen (secondary N) is 2. The third-order valence-corrected chi connectivity index (χ3v) is 6.14. The third-order valence-electron chi connectivity index (χ3n) is 5.38. The van der Waals surface area contributed by atoms with E-state index in [2.05, 4.69) is 36.8 Å². The van der Waals surface area contributed by atoms with Crippen molar-refractivity contribution in [3.8, 4) is 0 Å². The van der Waals surface area contributed by atoms with E-state index in [0.29, 0.717) is 15.7 Å². The molecule has 2 nitrogen and oxygen atoms in total. The molecule has 0 aliphatic rings. The summed E-state index contributed by atoms with van der Waals surface area (Å²) in [6.45, 7) is 16.5. The van der Waals surface area contributed by atoms with Crippen molar-refractivity contribution < 1.29 is 0 Å². The molecule has 33 heavy (non-hydrogen) atoms. The zero-order chi connectivity index (χ0) is 24.3. The van der Waals surface area contributed by atoms with Crippen molar-refractivity contribution in [1.82, 2.24) is 0 Å². The minimum Gasteiger partial charge on any atom is -0.359 e. The van der Waals surface area contributed by atoms with Gasteiger partial charge in [-0.05, 0) is 81.3 Å². The normalized spacial score (nSPS) is 12.2. The van der Waals surface area contributed by atoms with Crippen molar-refractivity contribution >= 4 is 51.9 Å². The number of anilines is 2. The molecule has 1 atom stereocenters. The Morgan fingerprint density at radius 3 is 2.06 bits per heavy atom. The summed E-state index contributed by atoms with van der Waals surface area (Å²) in [5, 5.41) is 8.04. The number of halogens is 3. The zero-order valence-corrected chi connectivity index (χ0v) is 21.7. The van der Waals surface area contributed by atoms with E-state index in [1.165, 1.54) is 5.56 Å². The number of aryl methyl sites for hydroxylation is 2. The SMILES string of the molecule is C=C(Nc1ccc(C)cc1)c1cc(NC(=C)C(c2cc(C)cc(Cl)c2)C(C)(C)Cl)ccc1Cl. The second-order valence-electron chi connectivity index (χ2n) is 8.87. The molecular weight excluding hydrogens is 471 g/mol. The van der Waals surface area contributed by atoms with Crippen LogP contribution in [0, 0.1) is 13.8 Å². The molecule has 0 aliphatic heterocycles. The predicted molar refractivity (Wildman–Crippen MR) is 147 cm³/mol. The van der Waals surface area contributed by atoms with Gasteiger partial charge in [0.2, 0.25) is 0 Å². The highest BCUT2D eigenvalue weighted by Crippen LogP contribution is 2.40. The summed E-state index contributed by atoms with van der Waals surface area (Å²) in [7, 11) is 0. The lowest BCUT2D eigenvalue weighted by Crippen LogP contribution is -2.27. The molecule has 1 unspecified atom stereocenters. The maximum Gasteiger partial charge on any atom is 0.0513 e. The number of allylic oxidation sites excluding steroid dienone is 1. The van der Waals surface area contributed by atoms with Crippen LogP contribution in [-0.4, -0.2) is 4.87 Å². The first-order chi connectivity index (χ1) is 15.4. The van der Waals surface area contributed by atoms with Crippen LogP contribution in [0.4, 0.5) is 11.4 Å². The average Bonchev–Trinajstić information content (AvgIpc) is 2.69. The Labute approximate surface area is 212 Å². The highest BCUT2D eigenvalue weighted by molar-refractivity contribution is 6.32. The second-order valence-corrected chi connectivity index (χ2v) is 10.7. The van der Waals surface area contributed by atoms with E-state index in [4.69, 9.17) is 34.8 Å². The minimum absolute atomic E-state index is 0.176. The largest absolute Gasteiger partial charge is 0.359 e. The van der Waals surface area contributed by atoms with Gasteiger partial charge in [0.15, 0.2) is 0 Å². The molecule has 2 N–H and O–H groups in total. The summed E-state index contributed by atoms with van der Waals surface area (Å²) < 4.78 is 0. The molecule has 0 saturated carbocycles. The van der Waals surface area contributed by atoms with Crippen LogP contribution in [-0.2, 0) is 0 Å². The van der Waals surface area contributed by atoms with Gasteiger partial charge in [-0.15, -0.1) is 11.6 Å². The van der Waals surface area contributed by atoms with E-state index in [0.717, 1.165) is 33.8 Å². The Balaban J connectivity index is 1.86. The topological polar surface area (TPSA) is 24.1 Å². The first-order valence-corrected chi connectivity index (χ1v) is 11.8. The van der Waals surface area contributed by atoms with Gasteiger partial charge in [0, 0.05) is 39.3 Å². The molecular formula is C28H29Cl3N2. The van der Waals surface area contributed by atoms with Crippen LogP contribution >= 0.6 is 34.8 Å². The number of alkyl halides is 1. The molecule has 0 radical (unpaired) electrons. The molecule has 0 bridgehead atoms. The van der Waals surface area contributed by atoms with Crippen LogP contribution in [0.5, 0.6) is 0 Å². The van der Waals surface area contributed by atoms with Gasteiger partial charge < -0.3 is 10.6 Å². The molecule has 0 saturated heterocycles. The summed E-state index contributed by atoms with van der Waals surface area (Å²) in [5.74, 6) is -0.176. The van der Waals surface area contributed by atoms with Gasteiger partial charge in [0.1, 0.15) is 0 Å². The van der Waals surface area contributed by atoms with Crippen LogP contribution in [0.3, 0.4) is 0 Å². The van der Waals surface area contributed by atoms with E-state index in [1.807, 2.05) is 75.4 Å². The summed E-state index contributed by atoms with van der Waals surface area (Å²) in [6, 6.07) is 19.8. The van der Waals surface area contributed by atoms with Gasteiger partial charge in [-0.1, -0.05) is 60.1 Å². The van der Waals surface area contributed by atoms with E-state index in [-0.39, 0.29) is 5.92 Å². The molecule has 3 aromatic carbocycles. The molecule has 0 spiro atoms. The monoisotopic (exact) mass is 498 g/mol. The molecule has 0 amide bonds. The highest BCUT2D eigenvalue weighted by Gasteiger charge is 2.31. The molecule has 3 rings (SSSR count). The Morgan fingerprint density at radius 1 is 0.818 bits per heavy atom. The van der Waals surface area contributed by atoms with Crippen molar-refractivity contribution in [1.29, 1.82) is 0 Å². The minimum atomic E-state index is -0.590. The second kappa shape index (κ2) is 10.3. The van der Waals surface area contributed by atoms with Crippen molar-refractivity contribution in [3.63, 3.8) is 0 Å². The lowest BCUT2D eigenvalue weighted by molar-refractivity contribution is 0.599. The van der Waals surface area contributed by atoms with Crippen LogP contribution < -0.4 is 10.6 Å². The number of benzene rings is 3. The highest BCUT2D eigenvalue weighted by atomic mass is 35.5. The molecule has 5 heteroatoms. The fourth-order valence-electron chi connectivity index (χ4n) is 3.91. The van der Waals surface area contributed by atoms with Crippen molar-refractivity contribution in [2.24, 2.45) is 0 Å². The van der Waals surface area contributed by atoms with E-state index in [9.17, 15) is 0 Å². The summed E-state index contributed by atoms with van der Waals surface area (Å²) in [4.78, 5) is -0.590. The molecule has 0 aromatic heterocycles. The quantitative estimate of drug-likeness (QED) is 0.302. The van der Waals surface area contributed by atoms with E-state index < -0.39 is 4.87 Å². The van der Waals surface area contributed by atoms with E-state index >= 15 is 0 Å². The van der Waals surface area contributed by atoms with Gasteiger partial charge in [0.25, 0.3) is 0 Å². The number of hydrogen-bond acceptors (Lipinski definition) is 2. The predicted octanol–water partition coefficient (Wildman–Crippen LogP) is 9.42. The molecule has 0 heterocycles. The maximum absolute atomic E-state index is 6.82. The number of hydrogen-bond donors (Lipinski definition) is 2. The van der Waals surface area contributed by atoms with Gasteiger partial charge in [-0.3, -0.25) is 0 Å². The Kier molecular flexibility index (Phi) is 7.84. The first kappa shape index (κ1) is 25.2. The van der Waals surface area contributed by atoms with Crippen LogP contribution in [0.25, 0.3) is 5.70 Å². The smallest absolute Gasteiger partial charge is 0.0513 e. The summed E-state index contributed by atoms with van der Waals surface area (Å²) in [5.41, 5.74) is 7.34. The van der Waals surface area contributed by atoms with Crippen LogP contribution in [0.1, 0.15) is 42.0 Å². The Morgan fingerprint density at radius 2 is 1.45 bits per heavy atom. The molecule has 172 valence electrons. The molecule has 0 aliphatic carbocycles. The van der Waals surface area contributed by atoms with Gasteiger partial charge in [0.05, 0.1) is 9.90 Å². The Bertz CT molecular complexity index is 1150. The average molecular weight is 500 g/mol. The summed E-state index contributed by atoms with van der Waals surface area (Å²) in [6.07, 6.45) is 0. The maximum atomic E-state index is 6.82. The summed E-state index contributed by atoms with van der Waals surface area (Å²) >= 11 is 19.6. The molecule has 3 aromatic rings. The van der Waals surface area contributed by atoms with Crippen molar-refractivity contribution in [3.05, 3.63) is 112 Å². The van der Waals surface area contributed by atoms with Crippen molar-refractivity contribution in [2.45, 2.75) is 38.5 Å². The lowest BCUT2D eigenvalue weighted by atomic mass is 9.84. The van der Waals surface area contributed by atoms with Crippen LogP contribution in [0.2, 0.25) is 10.0 Å². The standard InChI is InChI=1S/C28H29Cl3N2/c1-17-7-9-23(10-8-17)32-19(3)25-16-24(11-12-26(25)30)33-20(4)27(28(5,6)31)21-13-18(2)14-22(29)15-21/h7-16,27,32-33H,3-4H2,1-2,5-6H3. The number of rotatable bonds is 8. The van der Waals surface area contributed by atoms with E-state index in [1.54, 1.807) is 0 Å². The van der Waals surface area contributed by atoms with Crippen LogP contribution in [0.15, 0.2) is 79.5 Å². The fraction of sp³-hybridized carbons (Fsp3) is 0.214. The van der Waals surface area contributed by atoms with Gasteiger partial charge >= 0.3 is 0 Å². The van der Waals surface area contributed by atoms with Gasteiger partial charge in [-0.25, -0.2) is 0 Å². The first-order valence-electron chi connectivity index (χ1n) is 10.7.